The second-order valence-electron chi connectivity index (χ2n) is 11.2. The highest BCUT2D eigenvalue weighted by Gasteiger charge is 2.36. The molecule has 1 N–H and O–H groups in total. The highest BCUT2D eigenvalue weighted by molar-refractivity contribution is 5.67. The summed E-state index contributed by atoms with van der Waals surface area (Å²) < 4.78 is 29.6. The third-order valence-corrected chi connectivity index (χ3v) is 7.60. The fourth-order valence-electron chi connectivity index (χ4n) is 5.06. The number of rotatable bonds is 18. The molecule has 246 valence electrons. The molecule has 1 saturated heterocycles. The van der Waals surface area contributed by atoms with Crippen molar-refractivity contribution in [3.8, 4) is 0 Å². The Morgan fingerprint density at radius 1 is 0.978 bits per heavy atom. The largest absolute Gasteiger partial charge is 0.445 e. The number of hydrogen-bond donors (Lipinski definition) is 1. The van der Waals surface area contributed by atoms with Gasteiger partial charge in [0.05, 0.1) is 19.3 Å². The van der Waals surface area contributed by atoms with E-state index in [1.54, 1.807) is 11.8 Å². The number of unbranched alkanes of at least 4 members (excludes halogenated alkanes) is 3. The Bertz CT molecular complexity index is 1330. The molecule has 4 rings (SSSR count). The lowest BCUT2D eigenvalue weighted by Crippen LogP contribution is -2.47. The summed E-state index contributed by atoms with van der Waals surface area (Å²) in [6, 6.07) is 28.4. The van der Waals surface area contributed by atoms with E-state index >= 15 is 0 Å². The Morgan fingerprint density at radius 2 is 1.63 bits per heavy atom. The minimum Gasteiger partial charge on any atom is -0.445 e. The topological polar surface area (TPSA) is 135 Å². The molecule has 0 spiro atoms. The van der Waals surface area contributed by atoms with Crippen molar-refractivity contribution in [1.82, 2.24) is 4.90 Å². The van der Waals surface area contributed by atoms with Crippen LogP contribution in [0.25, 0.3) is 10.4 Å². The minimum absolute atomic E-state index is 0.181. The smallest absolute Gasteiger partial charge is 0.410 e. The van der Waals surface area contributed by atoms with Gasteiger partial charge in [0.25, 0.3) is 0 Å². The molecule has 1 amide bonds. The molecule has 0 aliphatic carbocycles. The first-order chi connectivity index (χ1) is 22.6. The number of nitrogens with zero attached hydrogens (tertiary/aromatic N) is 4. The van der Waals surface area contributed by atoms with Gasteiger partial charge in [0, 0.05) is 30.2 Å². The molecule has 0 saturated carbocycles. The second-order valence-corrected chi connectivity index (χ2v) is 11.2. The lowest BCUT2D eigenvalue weighted by atomic mass is 10.1. The van der Waals surface area contributed by atoms with Crippen LogP contribution >= 0.6 is 0 Å². The lowest BCUT2D eigenvalue weighted by molar-refractivity contribution is -0.301. The molecule has 1 heterocycles. The third-order valence-electron chi connectivity index (χ3n) is 7.60. The summed E-state index contributed by atoms with van der Waals surface area (Å²) in [5.41, 5.74) is 11.8. The van der Waals surface area contributed by atoms with Gasteiger partial charge in [0.2, 0.25) is 0 Å². The quantitative estimate of drug-likeness (QED) is 0.0529. The van der Waals surface area contributed by atoms with Gasteiger partial charge in [-0.2, -0.15) is 0 Å². The van der Waals surface area contributed by atoms with E-state index in [4.69, 9.17) is 29.2 Å². The maximum Gasteiger partial charge on any atom is 0.410 e. The zero-order valence-electron chi connectivity index (χ0n) is 26.3. The van der Waals surface area contributed by atoms with Crippen LogP contribution in [0.5, 0.6) is 0 Å². The molecule has 11 nitrogen and oxygen atoms in total. The number of azide groups is 1. The van der Waals surface area contributed by atoms with Crippen molar-refractivity contribution in [2.24, 2.45) is 5.11 Å². The van der Waals surface area contributed by atoms with Gasteiger partial charge in [0.1, 0.15) is 18.8 Å². The van der Waals surface area contributed by atoms with Gasteiger partial charge >= 0.3 is 6.09 Å². The van der Waals surface area contributed by atoms with Gasteiger partial charge < -0.3 is 33.7 Å². The molecule has 3 aromatic carbocycles. The van der Waals surface area contributed by atoms with Crippen LogP contribution < -0.4 is 0 Å². The number of aliphatic hydroxyl groups is 1. The number of ether oxygens (including phenoxy) is 5. The van der Waals surface area contributed by atoms with Crippen LogP contribution in [0.3, 0.4) is 0 Å². The van der Waals surface area contributed by atoms with Crippen LogP contribution in [-0.2, 0) is 36.8 Å². The van der Waals surface area contributed by atoms with Gasteiger partial charge in [-0.15, -0.1) is 0 Å². The van der Waals surface area contributed by atoms with Gasteiger partial charge in [-0.25, -0.2) is 4.79 Å². The summed E-state index contributed by atoms with van der Waals surface area (Å²) in [5, 5.41) is 13.8. The molecule has 0 bridgehead atoms. The van der Waals surface area contributed by atoms with Gasteiger partial charge in [-0.1, -0.05) is 116 Å². The monoisotopic (exact) mass is 632 g/mol. The first kappa shape index (κ1) is 34.9. The van der Waals surface area contributed by atoms with E-state index in [1.807, 2.05) is 91.0 Å². The lowest BCUT2D eigenvalue weighted by Gasteiger charge is -2.38. The molecule has 1 aliphatic heterocycles. The van der Waals surface area contributed by atoms with Crippen molar-refractivity contribution in [3.05, 3.63) is 118 Å². The van der Waals surface area contributed by atoms with E-state index in [9.17, 15) is 9.90 Å². The first-order valence-electron chi connectivity index (χ1n) is 15.8. The normalized spacial score (nSPS) is 19.0. The average Bonchev–Trinajstić information content (AvgIpc) is 3.10. The van der Waals surface area contributed by atoms with Crippen LogP contribution in [-0.4, -0.2) is 67.0 Å². The summed E-state index contributed by atoms with van der Waals surface area (Å²) in [6.45, 7) is 3.29. The van der Waals surface area contributed by atoms with E-state index in [0.29, 0.717) is 19.7 Å². The van der Waals surface area contributed by atoms with E-state index < -0.39 is 30.8 Å². The zero-order chi connectivity index (χ0) is 32.4. The Balaban J connectivity index is 1.21. The predicted octanol–water partition coefficient (Wildman–Crippen LogP) is 6.92. The fraction of sp³-hybridized carbons (Fsp3) is 0.457. The van der Waals surface area contributed by atoms with Crippen LogP contribution in [0.15, 0.2) is 96.1 Å². The number of hydrogen-bond acceptors (Lipinski definition) is 8. The highest BCUT2D eigenvalue weighted by Crippen LogP contribution is 2.28. The summed E-state index contributed by atoms with van der Waals surface area (Å²) in [6.07, 6.45) is 0.277. The summed E-state index contributed by atoms with van der Waals surface area (Å²) in [5.74, 6) is 0. The molecular formula is C35H44N4O7. The van der Waals surface area contributed by atoms with Crippen LogP contribution in [0.1, 0.15) is 55.6 Å². The number of carbonyl (C=O) groups excluding carboxylic acids is 1. The molecule has 1 fully saturated rings. The molecule has 1 aliphatic rings. The van der Waals surface area contributed by atoms with Crippen molar-refractivity contribution in [3.63, 3.8) is 0 Å². The minimum atomic E-state index is -0.837. The molecule has 5 atom stereocenters. The molecule has 11 heteroatoms. The van der Waals surface area contributed by atoms with Gasteiger partial charge in [0.15, 0.2) is 12.6 Å². The maximum absolute atomic E-state index is 13.0. The average molecular weight is 633 g/mol. The van der Waals surface area contributed by atoms with E-state index in [1.165, 1.54) is 0 Å². The summed E-state index contributed by atoms with van der Waals surface area (Å²) in [7, 11) is 0. The van der Waals surface area contributed by atoms with E-state index in [-0.39, 0.29) is 25.9 Å². The van der Waals surface area contributed by atoms with Crippen LogP contribution in [0, 0.1) is 0 Å². The number of aliphatic hydroxyl groups excluding tert-OH is 1. The van der Waals surface area contributed by atoms with Crippen LogP contribution in [0.2, 0.25) is 0 Å². The third kappa shape index (κ3) is 11.4. The van der Waals surface area contributed by atoms with Crippen LogP contribution in [0.4, 0.5) is 4.79 Å². The van der Waals surface area contributed by atoms with Crippen molar-refractivity contribution in [2.75, 3.05) is 26.4 Å². The van der Waals surface area contributed by atoms with E-state index in [0.717, 1.165) is 42.4 Å². The molecule has 0 radical (unpaired) electrons. The molecule has 2 unspecified atom stereocenters. The van der Waals surface area contributed by atoms with E-state index in [2.05, 4.69) is 10.0 Å². The maximum atomic E-state index is 13.0. The van der Waals surface area contributed by atoms with Gasteiger partial charge in [-0.3, -0.25) is 0 Å². The van der Waals surface area contributed by atoms with Crippen molar-refractivity contribution >= 4 is 6.09 Å². The standard InChI is InChI=1S/C35H44N4O7/c1-27(37-38-36)33(46-32-26-43-34(45-31(32)24-40)30-19-11-6-12-20-30)42-22-14-3-2-13-21-39(23-28-15-7-4-8-16-28)35(41)44-25-29-17-9-5-10-18-29/h4-12,15-20,27,31-34,40H,2-3,13-14,21-26H2,1H3/t27-,31+,32?,33-,34?/m0/s1. The summed E-state index contributed by atoms with van der Waals surface area (Å²) >= 11 is 0. The SMILES string of the molecule is C[C@H](N=[N+]=[N-])[C@@H](OCCCCCCN(Cc1ccccc1)C(=O)OCc1ccccc1)OC1COC(c2ccccc2)O[C@@H]1CO. The zero-order valence-corrected chi connectivity index (χ0v) is 26.3. The highest BCUT2D eigenvalue weighted by atomic mass is 16.7. The Hall–Kier alpha value is -3.96. The van der Waals surface area contributed by atoms with Gasteiger partial charge in [-0.05, 0) is 29.5 Å². The van der Waals surface area contributed by atoms with Crippen molar-refractivity contribution in [2.45, 2.75) is 76.6 Å². The Labute approximate surface area is 270 Å². The Morgan fingerprint density at radius 3 is 2.30 bits per heavy atom. The van der Waals surface area contributed by atoms with Crippen molar-refractivity contribution in [1.29, 1.82) is 0 Å². The summed E-state index contributed by atoms with van der Waals surface area (Å²) in [4.78, 5) is 17.6. The predicted molar refractivity (Wildman–Crippen MR) is 172 cm³/mol. The Kier molecular flexibility index (Phi) is 14.8. The number of carbonyl (C=O) groups is 1. The molecule has 3 aromatic rings. The first-order valence-corrected chi connectivity index (χ1v) is 15.8. The molecule has 0 aromatic heterocycles. The second kappa shape index (κ2) is 19.5. The fourth-order valence-corrected chi connectivity index (χ4v) is 5.06. The molecular weight excluding hydrogens is 588 g/mol. The molecule has 46 heavy (non-hydrogen) atoms. The number of amides is 1. The van der Waals surface area contributed by atoms with Crippen molar-refractivity contribution < 1.29 is 33.6 Å². The number of benzene rings is 3.